The Morgan fingerprint density at radius 2 is 1.93 bits per heavy atom. The normalized spacial score (nSPS) is 14.3. The molecular formula is C12H24N2O. The van der Waals surface area contributed by atoms with Gasteiger partial charge in [0.15, 0.2) is 0 Å². The van der Waals surface area contributed by atoms with Crippen molar-refractivity contribution in [3.05, 3.63) is 0 Å². The van der Waals surface area contributed by atoms with Crippen LogP contribution in [0, 0.1) is 11.8 Å². The average molecular weight is 212 g/mol. The molecule has 88 valence electrons. The maximum atomic E-state index is 11.7. The molecule has 1 unspecified atom stereocenters. The minimum atomic E-state index is -0.0443. The fraction of sp³-hybridized carbons (Fsp3) is 0.833. The van der Waals surface area contributed by atoms with Crippen LogP contribution < -0.4 is 5.73 Å². The van der Waals surface area contributed by atoms with Crippen LogP contribution in [0.15, 0.2) is 4.99 Å². The predicted octanol–water partition coefficient (Wildman–Crippen LogP) is 2.74. The number of carbonyl (C=O) groups is 1. The standard InChI is InChI=1S/C12H24N2O/c1-5-7-8-10(6-2)12(15)14-11(13)9(3)4/h9-10H,5-8H2,1-4H3,(H2,13,14,15). The van der Waals surface area contributed by atoms with Crippen LogP contribution in [0.2, 0.25) is 0 Å². The van der Waals surface area contributed by atoms with E-state index in [4.69, 9.17) is 5.73 Å². The average Bonchev–Trinajstić information content (AvgIpc) is 2.18. The molecule has 15 heavy (non-hydrogen) atoms. The lowest BCUT2D eigenvalue weighted by Gasteiger charge is -2.11. The minimum Gasteiger partial charge on any atom is -0.387 e. The maximum Gasteiger partial charge on any atom is 0.250 e. The second-order valence-electron chi connectivity index (χ2n) is 4.28. The van der Waals surface area contributed by atoms with E-state index >= 15 is 0 Å². The Morgan fingerprint density at radius 1 is 1.33 bits per heavy atom. The number of carbonyl (C=O) groups excluding carboxylic acids is 1. The first-order chi connectivity index (χ1) is 7.02. The van der Waals surface area contributed by atoms with Gasteiger partial charge in [0.05, 0.1) is 0 Å². The SMILES string of the molecule is CCCCC(CC)C(=O)N=C(N)C(C)C. The third-order valence-electron chi connectivity index (χ3n) is 2.58. The van der Waals surface area contributed by atoms with E-state index in [1.165, 1.54) is 0 Å². The molecule has 0 aliphatic heterocycles. The Labute approximate surface area is 93.2 Å². The fourth-order valence-corrected chi connectivity index (χ4v) is 1.30. The number of rotatable bonds is 6. The molecule has 0 radical (unpaired) electrons. The Bertz CT molecular complexity index is 222. The van der Waals surface area contributed by atoms with Crippen molar-refractivity contribution in [2.24, 2.45) is 22.6 Å². The number of unbranched alkanes of at least 4 members (excludes halogenated alkanes) is 1. The van der Waals surface area contributed by atoms with E-state index in [2.05, 4.69) is 11.9 Å². The van der Waals surface area contributed by atoms with Gasteiger partial charge in [0.2, 0.25) is 5.91 Å². The highest BCUT2D eigenvalue weighted by Crippen LogP contribution is 2.14. The Morgan fingerprint density at radius 3 is 2.33 bits per heavy atom. The number of nitrogens with two attached hydrogens (primary N) is 1. The zero-order valence-corrected chi connectivity index (χ0v) is 10.4. The van der Waals surface area contributed by atoms with Gasteiger partial charge in [-0.15, -0.1) is 0 Å². The van der Waals surface area contributed by atoms with Crippen LogP contribution in [0.3, 0.4) is 0 Å². The molecule has 0 aromatic carbocycles. The molecule has 0 aliphatic rings. The summed E-state index contributed by atoms with van der Waals surface area (Å²) in [6.07, 6.45) is 3.99. The van der Waals surface area contributed by atoms with Crippen molar-refractivity contribution >= 4 is 11.7 Å². The number of amides is 1. The molecule has 1 amide bonds. The van der Waals surface area contributed by atoms with Gasteiger partial charge < -0.3 is 5.73 Å². The van der Waals surface area contributed by atoms with Crippen molar-refractivity contribution in [2.45, 2.75) is 53.4 Å². The molecule has 0 saturated heterocycles. The van der Waals surface area contributed by atoms with Crippen molar-refractivity contribution in [2.75, 3.05) is 0 Å². The van der Waals surface area contributed by atoms with Crippen molar-refractivity contribution in [3.63, 3.8) is 0 Å². The highest BCUT2D eigenvalue weighted by atomic mass is 16.1. The molecular weight excluding hydrogens is 188 g/mol. The first-order valence-electron chi connectivity index (χ1n) is 5.90. The summed E-state index contributed by atoms with van der Waals surface area (Å²) in [5.41, 5.74) is 5.67. The summed E-state index contributed by atoms with van der Waals surface area (Å²) >= 11 is 0. The summed E-state index contributed by atoms with van der Waals surface area (Å²) in [5, 5.41) is 0. The van der Waals surface area contributed by atoms with Gasteiger partial charge in [0.25, 0.3) is 0 Å². The van der Waals surface area contributed by atoms with Crippen LogP contribution in [-0.2, 0) is 4.79 Å². The lowest BCUT2D eigenvalue weighted by atomic mass is 9.99. The molecule has 0 aromatic rings. The minimum absolute atomic E-state index is 0.0443. The van der Waals surface area contributed by atoms with Gasteiger partial charge in [0.1, 0.15) is 5.84 Å². The summed E-state index contributed by atoms with van der Waals surface area (Å²) in [4.78, 5) is 15.7. The topological polar surface area (TPSA) is 55.5 Å². The van der Waals surface area contributed by atoms with E-state index in [0.717, 1.165) is 25.7 Å². The Balaban J connectivity index is 4.32. The molecule has 3 nitrogen and oxygen atoms in total. The number of aliphatic imine (C=N–C) groups is 1. The monoisotopic (exact) mass is 212 g/mol. The lowest BCUT2D eigenvalue weighted by Crippen LogP contribution is -2.23. The first-order valence-corrected chi connectivity index (χ1v) is 5.90. The molecule has 0 bridgehead atoms. The molecule has 0 heterocycles. The van der Waals surface area contributed by atoms with E-state index in [-0.39, 0.29) is 17.7 Å². The summed E-state index contributed by atoms with van der Waals surface area (Å²) in [7, 11) is 0. The molecule has 0 rings (SSSR count). The van der Waals surface area contributed by atoms with E-state index in [1.807, 2.05) is 20.8 Å². The smallest absolute Gasteiger partial charge is 0.250 e. The van der Waals surface area contributed by atoms with E-state index < -0.39 is 0 Å². The lowest BCUT2D eigenvalue weighted by molar-refractivity contribution is -0.121. The van der Waals surface area contributed by atoms with Crippen LogP contribution in [0.4, 0.5) is 0 Å². The van der Waals surface area contributed by atoms with Gasteiger partial charge >= 0.3 is 0 Å². The Kier molecular flexibility index (Phi) is 7.01. The van der Waals surface area contributed by atoms with Crippen LogP contribution in [0.25, 0.3) is 0 Å². The first kappa shape index (κ1) is 14.1. The largest absolute Gasteiger partial charge is 0.387 e. The van der Waals surface area contributed by atoms with Gasteiger partial charge in [-0.2, -0.15) is 0 Å². The zero-order chi connectivity index (χ0) is 11.8. The van der Waals surface area contributed by atoms with Crippen LogP contribution in [0.5, 0.6) is 0 Å². The van der Waals surface area contributed by atoms with E-state index in [0.29, 0.717) is 5.84 Å². The molecule has 1 atom stereocenters. The van der Waals surface area contributed by atoms with Crippen molar-refractivity contribution in [1.82, 2.24) is 0 Å². The molecule has 0 aromatic heterocycles. The Hall–Kier alpha value is -0.860. The van der Waals surface area contributed by atoms with Crippen LogP contribution in [0.1, 0.15) is 53.4 Å². The highest BCUT2D eigenvalue weighted by Gasteiger charge is 2.15. The van der Waals surface area contributed by atoms with Crippen LogP contribution in [-0.4, -0.2) is 11.7 Å². The second kappa shape index (κ2) is 7.43. The second-order valence-corrected chi connectivity index (χ2v) is 4.28. The number of nitrogens with zero attached hydrogens (tertiary/aromatic N) is 1. The molecule has 2 N–H and O–H groups in total. The molecule has 0 aliphatic carbocycles. The number of hydrogen-bond acceptors (Lipinski definition) is 1. The van der Waals surface area contributed by atoms with Crippen molar-refractivity contribution < 1.29 is 4.79 Å². The predicted molar refractivity (Wildman–Crippen MR) is 64.8 cm³/mol. The van der Waals surface area contributed by atoms with E-state index in [1.54, 1.807) is 0 Å². The van der Waals surface area contributed by atoms with Crippen molar-refractivity contribution in [3.8, 4) is 0 Å². The third-order valence-corrected chi connectivity index (χ3v) is 2.58. The quantitative estimate of drug-likeness (QED) is 0.543. The molecule has 0 saturated carbocycles. The summed E-state index contributed by atoms with van der Waals surface area (Å²) in [6, 6.07) is 0. The van der Waals surface area contributed by atoms with Gasteiger partial charge in [-0.05, 0) is 12.8 Å². The van der Waals surface area contributed by atoms with Gasteiger partial charge in [-0.3, -0.25) is 4.79 Å². The summed E-state index contributed by atoms with van der Waals surface area (Å²) in [5.74, 6) is 0.618. The molecule has 0 spiro atoms. The molecule has 0 fully saturated rings. The summed E-state index contributed by atoms with van der Waals surface area (Å²) < 4.78 is 0. The third kappa shape index (κ3) is 5.55. The van der Waals surface area contributed by atoms with Gasteiger partial charge in [0, 0.05) is 11.8 Å². The summed E-state index contributed by atoms with van der Waals surface area (Å²) in [6.45, 7) is 8.04. The fourth-order valence-electron chi connectivity index (χ4n) is 1.30. The zero-order valence-electron chi connectivity index (χ0n) is 10.4. The maximum absolute atomic E-state index is 11.7. The van der Waals surface area contributed by atoms with E-state index in [9.17, 15) is 4.79 Å². The van der Waals surface area contributed by atoms with Gasteiger partial charge in [-0.25, -0.2) is 4.99 Å². The number of amidine groups is 1. The van der Waals surface area contributed by atoms with Crippen molar-refractivity contribution in [1.29, 1.82) is 0 Å². The number of hydrogen-bond donors (Lipinski definition) is 1. The molecule has 3 heteroatoms. The van der Waals surface area contributed by atoms with Crippen LogP contribution >= 0.6 is 0 Å². The highest BCUT2D eigenvalue weighted by molar-refractivity contribution is 5.95. The van der Waals surface area contributed by atoms with Gasteiger partial charge in [-0.1, -0.05) is 40.5 Å².